The van der Waals surface area contributed by atoms with Crippen LogP contribution in [0, 0.1) is 0 Å². The van der Waals surface area contributed by atoms with E-state index in [2.05, 4.69) is 31.0 Å². The Morgan fingerprint density at radius 1 is 1.24 bits per heavy atom. The summed E-state index contributed by atoms with van der Waals surface area (Å²) in [6, 6.07) is 4.01. The van der Waals surface area contributed by atoms with Crippen molar-refractivity contribution >= 4 is 39.8 Å². The van der Waals surface area contributed by atoms with Crippen LogP contribution in [0.5, 0.6) is 0 Å². The molecule has 0 amide bonds. The van der Waals surface area contributed by atoms with Gasteiger partial charge in [-0.3, -0.25) is 4.90 Å². The van der Waals surface area contributed by atoms with Gasteiger partial charge < -0.3 is 4.52 Å². The molecule has 0 spiro atoms. The third-order valence-corrected chi connectivity index (χ3v) is 5.11. The van der Waals surface area contributed by atoms with Gasteiger partial charge >= 0.3 is 6.18 Å². The Balaban J connectivity index is 1.72. The van der Waals surface area contributed by atoms with Crippen LogP contribution >= 0.6 is 27.7 Å². The van der Waals surface area contributed by atoms with Gasteiger partial charge in [0, 0.05) is 29.1 Å². The molecule has 0 saturated carbocycles. The summed E-state index contributed by atoms with van der Waals surface area (Å²) in [5, 5.41) is 3.81. The molecule has 0 N–H and O–H groups in total. The standard InChI is InChI=1S/C16H15BrF3N3OS/c17-12-3-1-11(13(9-12)16(18,19)20)2-4-14-21-15(24-22-14)10-23-5-7-25-8-6-23/h1-4,9H,5-8,10H2/b4-2+. The van der Waals surface area contributed by atoms with Crippen LogP contribution in [0.2, 0.25) is 0 Å². The number of halogens is 4. The monoisotopic (exact) mass is 433 g/mol. The first-order valence-electron chi connectivity index (χ1n) is 7.59. The molecule has 25 heavy (non-hydrogen) atoms. The number of hydrogen-bond donors (Lipinski definition) is 0. The Morgan fingerprint density at radius 3 is 2.72 bits per heavy atom. The van der Waals surface area contributed by atoms with Crippen LogP contribution in [0.1, 0.15) is 22.8 Å². The number of rotatable bonds is 4. The summed E-state index contributed by atoms with van der Waals surface area (Å²) >= 11 is 4.97. The molecule has 1 aliphatic rings. The van der Waals surface area contributed by atoms with Gasteiger partial charge in [0.15, 0.2) is 5.82 Å². The maximum absolute atomic E-state index is 13.1. The van der Waals surface area contributed by atoms with Crippen molar-refractivity contribution in [3.63, 3.8) is 0 Å². The maximum Gasteiger partial charge on any atom is 0.417 e. The highest BCUT2D eigenvalue weighted by molar-refractivity contribution is 9.10. The second kappa shape index (κ2) is 7.92. The summed E-state index contributed by atoms with van der Waals surface area (Å²) in [5.41, 5.74) is -0.664. The normalized spacial score (nSPS) is 16.6. The Kier molecular flexibility index (Phi) is 5.85. The van der Waals surface area contributed by atoms with E-state index in [1.165, 1.54) is 18.2 Å². The van der Waals surface area contributed by atoms with Crippen molar-refractivity contribution in [1.82, 2.24) is 15.0 Å². The molecule has 4 nitrogen and oxygen atoms in total. The molecule has 2 aromatic rings. The van der Waals surface area contributed by atoms with E-state index in [1.807, 2.05) is 11.8 Å². The Morgan fingerprint density at radius 2 is 2.00 bits per heavy atom. The molecule has 0 unspecified atom stereocenters. The fourth-order valence-corrected chi connectivity index (χ4v) is 3.77. The van der Waals surface area contributed by atoms with Crippen molar-refractivity contribution in [2.45, 2.75) is 12.7 Å². The summed E-state index contributed by atoms with van der Waals surface area (Å²) in [5.74, 6) is 2.88. The van der Waals surface area contributed by atoms with Crippen molar-refractivity contribution in [1.29, 1.82) is 0 Å². The highest BCUT2D eigenvalue weighted by atomic mass is 79.9. The zero-order valence-electron chi connectivity index (χ0n) is 13.1. The van der Waals surface area contributed by atoms with Crippen LogP contribution in [-0.2, 0) is 12.7 Å². The first-order valence-corrected chi connectivity index (χ1v) is 9.54. The van der Waals surface area contributed by atoms with Crippen LogP contribution in [0.15, 0.2) is 27.2 Å². The molecule has 1 fully saturated rings. The molecule has 1 aromatic heterocycles. The Hall–Kier alpha value is -1.32. The number of alkyl halides is 3. The van der Waals surface area contributed by atoms with Crippen LogP contribution < -0.4 is 0 Å². The average Bonchev–Trinajstić information content (AvgIpc) is 3.01. The van der Waals surface area contributed by atoms with E-state index < -0.39 is 11.7 Å². The summed E-state index contributed by atoms with van der Waals surface area (Å²) < 4.78 is 44.9. The quantitative estimate of drug-likeness (QED) is 0.706. The number of hydrogen-bond acceptors (Lipinski definition) is 5. The van der Waals surface area contributed by atoms with Gasteiger partial charge in [-0.1, -0.05) is 33.2 Å². The summed E-state index contributed by atoms with van der Waals surface area (Å²) in [6.07, 6.45) is -1.66. The van der Waals surface area contributed by atoms with Gasteiger partial charge in [0.25, 0.3) is 0 Å². The van der Waals surface area contributed by atoms with Crippen molar-refractivity contribution < 1.29 is 17.7 Å². The first-order chi connectivity index (χ1) is 11.9. The largest absolute Gasteiger partial charge is 0.417 e. The van der Waals surface area contributed by atoms with Crippen LogP contribution in [0.25, 0.3) is 12.2 Å². The number of aromatic nitrogens is 2. The molecule has 1 aliphatic heterocycles. The first kappa shape index (κ1) is 18.5. The lowest BCUT2D eigenvalue weighted by atomic mass is 10.1. The molecule has 134 valence electrons. The van der Waals surface area contributed by atoms with Gasteiger partial charge in [-0.2, -0.15) is 29.9 Å². The summed E-state index contributed by atoms with van der Waals surface area (Å²) in [4.78, 5) is 6.44. The average molecular weight is 434 g/mol. The Labute approximate surface area is 155 Å². The lowest BCUT2D eigenvalue weighted by Crippen LogP contribution is -2.32. The molecule has 0 bridgehead atoms. The third kappa shape index (κ3) is 5.08. The maximum atomic E-state index is 13.1. The number of nitrogens with zero attached hydrogens (tertiary/aromatic N) is 3. The zero-order valence-corrected chi connectivity index (χ0v) is 15.5. The van der Waals surface area contributed by atoms with Crippen molar-refractivity contribution in [3.05, 3.63) is 45.5 Å². The molecular weight excluding hydrogens is 419 g/mol. The molecule has 0 atom stereocenters. The molecule has 9 heteroatoms. The molecule has 1 aromatic carbocycles. The van der Waals surface area contributed by atoms with E-state index in [4.69, 9.17) is 4.52 Å². The van der Waals surface area contributed by atoms with Gasteiger partial charge in [-0.05, 0) is 23.8 Å². The van der Waals surface area contributed by atoms with E-state index in [0.717, 1.165) is 30.7 Å². The molecule has 3 rings (SSSR count). The smallest absolute Gasteiger partial charge is 0.338 e. The topological polar surface area (TPSA) is 42.2 Å². The SMILES string of the molecule is FC(F)(F)c1cc(Br)ccc1/C=C/c1noc(CN2CCSCC2)n1. The van der Waals surface area contributed by atoms with Crippen LogP contribution in [0.4, 0.5) is 13.2 Å². The van der Waals surface area contributed by atoms with Gasteiger partial charge in [0.05, 0.1) is 12.1 Å². The molecule has 1 saturated heterocycles. The zero-order chi connectivity index (χ0) is 17.9. The molecular formula is C16H15BrF3N3OS. The van der Waals surface area contributed by atoms with E-state index in [9.17, 15) is 13.2 Å². The number of thioether (sulfide) groups is 1. The highest BCUT2D eigenvalue weighted by Gasteiger charge is 2.32. The van der Waals surface area contributed by atoms with Crippen LogP contribution in [0.3, 0.4) is 0 Å². The minimum absolute atomic E-state index is 0.0510. The highest BCUT2D eigenvalue weighted by Crippen LogP contribution is 2.34. The third-order valence-electron chi connectivity index (χ3n) is 3.68. The van der Waals surface area contributed by atoms with Crippen LogP contribution in [-0.4, -0.2) is 39.6 Å². The van der Waals surface area contributed by atoms with Gasteiger partial charge in [-0.25, -0.2) is 0 Å². The minimum atomic E-state index is -4.43. The van der Waals surface area contributed by atoms with Crippen molar-refractivity contribution in [3.8, 4) is 0 Å². The van der Waals surface area contributed by atoms with Gasteiger partial charge in [-0.15, -0.1) is 0 Å². The summed E-state index contributed by atoms with van der Waals surface area (Å²) in [6.45, 7) is 2.49. The lowest BCUT2D eigenvalue weighted by molar-refractivity contribution is -0.137. The Bertz CT molecular complexity index is 757. The molecule has 0 radical (unpaired) electrons. The predicted octanol–water partition coefficient (Wildman–Crippen LogP) is 4.57. The fraction of sp³-hybridized carbons (Fsp3) is 0.375. The lowest BCUT2D eigenvalue weighted by Gasteiger charge is -2.24. The second-order valence-corrected chi connectivity index (χ2v) is 7.64. The van der Waals surface area contributed by atoms with Gasteiger partial charge in [0.2, 0.25) is 5.89 Å². The molecule has 2 heterocycles. The minimum Gasteiger partial charge on any atom is -0.338 e. The summed E-state index contributed by atoms with van der Waals surface area (Å²) in [7, 11) is 0. The fourth-order valence-electron chi connectivity index (χ4n) is 2.43. The molecule has 0 aliphatic carbocycles. The van der Waals surface area contributed by atoms with Gasteiger partial charge in [0.1, 0.15) is 0 Å². The van der Waals surface area contributed by atoms with Crippen molar-refractivity contribution in [2.75, 3.05) is 24.6 Å². The van der Waals surface area contributed by atoms with E-state index >= 15 is 0 Å². The van der Waals surface area contributed by atoms with Crippen molar-refractivity contribution in [2.24, 2.45) is 0 Å². The van der Waals surface area contributed by atoms with E-state index in [1.54, 1.807) is 6.07 Å². The predicted molar refractivity (Wildman–Crippen MR) is 95.0 cm³/mol. The van der Waals surface area contributed by atoms with E-state index in [-0.39, 0.29) is 11.4 Å². The number of benzene rings is 1. The second-order valence-electron chi connectivity index (χ2n) is 5.50. The van der Waals surface area contributed by atoms with E-state index in [0.29, 0.717) is 16.9 Å².